The number of likely N-dealkylation sites (tertiary alicyclic amines) is 1. The molecule has 1 aliphatic heterocycles. The van der Waals surface area contributed by atoms with E-state index in [1.807, 2.05) is 54.6 Å². The molecule has 1 heterocycles. The molecule has 0 spiro atoms. The normalized spacial score (nSPS) is 14.6. The van der Waals surface area contributed by atoms with Gasteiger partial charge in [-0.15, -0.1) is 0 Å². The minimum atomic E-state index is 0.0832. The Kier molecular flexibility index (Phi) is 5.27. The minimum Gasteiger partial charge on any atom is -0.489 e. The molecule has 1 amide bonds. The fourth-order valence-corrected chi connectivity index (χ4v) is 2.86. The van der Waals surface area contributed by atoms with Crippen molar-refractivity contribution in [3.63, 3.8) is 0 Å². The first-order valence-corrected chi connectivity index (χ1v) is 8.20. The number of ether oxygens (including phenoxy) is 1. The van der Waals surface area contributed by atoms with Gasteiger partial charge in [0.2, 0.25) is 0 Å². The molecular formula is C19H23N2O2+. The van der Waals surface area contributed by atoms with E-state index in [1.165, 1.54) is 17.7 Å². The van der Waals surface area contributed by atoms with Crippen molar-refractivity contribution in [2.75, 3.05) is 25.0 Å². The first-order valence-electron chi connectivity index (χ1n) is 8.20. The second kappa shape index (κ2) is 7.79. The second-order valence-electron chi connectivity index (χ2n) is 5.98. The Balaban J connectivity index is 1.47. The molecule has 0 atom stereocenters. The van der Waals surface area contributed by atoms with Gasteiger partial charge in [-0.25, -0.2) is 0 Å². The van der Waals surface area contributed by atoms with Crippen LogP contribution in [-0.4, -0.2) is 25.5 Å². The van der Waals surface area contributed by atoms with Crippen LogP contribution in [0.5, 0.6) is 5.75 Å². The molecule has 1 saturated heterocycles. The maximum Gasteiger partial charge on any atom is 0.279 e. The van der Waals surface area contributed by atoms with Gasteiger partial charge in [-0.1, -0.05) is 30.3 Å². The van der Waals surface area contributed by atoms with Crippen molar-refractivity contribution >= 4 is 11.6 Å². The SMILES string of the molecule is O=C(C[NH+]1CCCC1)Nc1ccc(OCc2ccccc2)cc1. The van der Waals surface area contributed by atoms with E-state index in [0.717, 1.165) is 30.1 Å². The van der Waals surface area contributed by atoms with Gasteiger partial charge in [-0.3, -0.25) is 4.79 Å². The van der Waals surface area contributed by atoms with Gasteiger partial charge >= 0.3 is 0 Å². The average Bonchev–Trinajstić information content (AvgIpc) is 3.08. The monoisotopic (exact) mass is 311 g/mol. The van der Waals surface area contributed by atoms with Gasteiger partial charge in [0.25, 0.3) is 5.91 Å². The van der Waals surface area contributed by atoms with Crippen LogP contribution in [0.25, 0.3) is 0 Å². The van der Waals surface area contributed by atoms with E-state index in [2.05, 4.69) is 5.32 Å². The Bertz CT molecular complexity index is 620. The van der Waals surface area contributed by atoms with Crippen LogP contribution in [0.3, 0.4) is 0 Å². The number of hydrogen-bond acceptors (Lipinski definition) is 2. The van der Waals surface area contributed by atoms with Crippen LogP contribution >= 0.6 is 0 Å². The maximum absolute atomic E-state index is 12.0. The average molecular weight is 311 g/mol. The van der Waals surface area contributed by atoms with Gasteiger partial charge in [-0.2, -0.15) is 0 Å². The highest BCUT2D eigenvalue weighted by atomic mass is 16.5. The number of quaternary nitrogens is 1. The lowest BCUT2D eigenvalue weighted by atomic mass is 10.2. The summed E-state index contributed by atoms with van der Waals surface area (Å²) in [6, 6.07) is 17.6. The molecular weight excluding hydrogens is 288 g/mol. The van der Waals surface area contributed by atoms with Crippen LogP contribution in [-0.2, 0) is 11.4 Å². The lowest BCUT2D eigenvalue weighted by Gasteiger charge is -2.12. The standard InChI is InChI=1S/C19H22N2O2/c22-19(14-21-12-4-5-13-21)20-17-8-10-18(11-9-17)23-15-16-6-2-1-3-7-16/h1-3,6-11H,4-5,12-15H2,(H,20,22)/p+1. The Labute approximate surface area is 137 Å². The van der Waals surface area contributed by atoms with E-state index in [0.29, 0.717) is 13.2 Å². The highest BCUT2D eigenvalue weighted by molar-refractivity contribution is 5.91. The zero-order valence-electron chi connectivity index (χ0n) is 13.3. The molecule has 0 saturated carbocycles. The minimum absolute atomic E-state index is 0.0832. The van der Waals surface area contributed by atoms with Gasteiger partial charge in [0, 0.05) is 18.5 Å². The fraction of sp³-hybridized carbons (Fsp3) is 0.316. The van der Waals surface area contributed by atoms with Crippen LogP contribution in [0.15, 0.2) is 54.6 Å². The Morgan fingerprint density at radius 1 is 1.00 bits per heavy atom. The molecule has 1 aliphatic rings. The quantitative estimate of drug-likeness (QED) is 0.855. The van der Waals surface area contributed by atoms with Crippen LogP contribution < -0.4 is 15.0 Å². The van der Waals surface area contributed by atoms with Crippen molar-refractivity contribution in [3.05, 3.63) is 60.2 Å². The van der Waals surface area contributed by atoms with Crippen molar-refractivity contribution in [1.29, 1.82) is 0 Å². The third-order valence-electron chi connectivity index (χ3n) is 4.11. The maximum atomic E-state index is 12.0. The molecule has 0 bridgehead atoms. The summed E-state index contributed by atoms with van der Waals surface area (Å²) in [5.74, 6) is 0.886. The Morgan fingerprint density at radius 3 is 2.39 bits per heavy atom. The number of hydrogen-bond donors (Lipinski definition) is 2. The van der Waals surface area contributed by atoms with Gasteiger partial charge in [0.05, 0.1) is 13.1 Å². The van der Waals surface area contributed by atoms with Gasteiger partial charge < -0.3 is 15.0 Å². The van der Waals surface area contributed by atoms with Crippen molar-refractivity contribution in [1.82, 2.24) is 0 Å². The van der Waals surface area contributed by atoms with Gasteiger partial charge in [0.1, 0.15) is 12.4 Å². The summed E-state index contributed by atoms with van der Waals surface area (Å²) in [6.45, 7) is 3.33. The van der Waals surface area contributed by atoms with E-state index in [-0.39, 0.29) is 5.91 Å². The van der Waals surface area contributed by atoms with E-state index < -0.39 is 0 Å². The topological polar surface area (TPSA) is 42.8 Å². The first kappa shape index (κ1) is 15.6. The van der Waals surface area contributed by atoms with Crippen LogP contribution in [0.1, 0.15) is 18.4 Å². The summed E-state index contributed by atoms with van der Waals surface area (Å²) in [5.41, 5.74) is 1.96. The number of amides is 1. The smallest absolute Gasteiger partial charge is 0.279 e. The molecule has 4 nitrogen and oxygen atoms in total. The van der Waals surface area contributed by atoms with Crippen molar-refractivity contribution in [3.8, 4) is 5.75 Å². The number of anilines is 1. The Morgan fingerprint density at radius 2 is 1.70 bits per heavy atom. The largest absolute Gasteiger partial charge is 0.489 e. The van der Waals surface area contributed by atoms with E-state index in [4.69, 9.17) is 4.74 Å². The number of rotatable bonds is 6. The summed E-state index contributed by atoms with van der Waals surface area (Å²) in [5, 5.41) is 2.95. The summed E-state index contributed by atoms with van der Waals surface area (Å²) in [4.78, 5) is 13.4. The van der Waals surface area contributed by atoms with Crippen molar-refractivity contribution < 1.29 is 14.4 Å². The van der Waals surface area contributed by atoms with Crippen molar-refractivity contribution in [2.24, 2.45) is 0 Å². The lowest BCUT2D eigenvalue weighted by molar-refractivity contribution is -0.878. The predicted octanol–water partition coefficient (Wildman–Crippen LogP) is 1.88. The van der Waals surface area contributed by atoms with E-state index in [9.17, 15) is 4.79 Å². The summed E-state index contributed by atoms with van der Waals surface area (Å²) in [6.07, 6.45) is 2.46. The van der Waals surface area contributed by atoms with Gasteiger partial charge in [0.15, 0.2) is 6.54 Å². The zero-order valence-corrected chi connectivity index (χ0v) is 13.3. The molecule has 2 aromatic carbocycles. The number of carbonyl (C=O) groups is 1. The highest BCUT2D eigenvalue weighted by Crippen LogP contribution is 2.17. The zero-order chi connectivity index (χ0) is 15.9. The molecule has 3 rings (SSSR count). The predicted molar refractivity (Wildman–Crippen MR) is 90.6 cm³/mol. The summed E-state index contributed by atoms with van der Waals surface area (Å²) in [7, 11) is 0. The molecule has 2 aromatic rings. The molecule has 0 aliphatic carbocycles. The van der Waals surface area contributed by atoms with Crippen LogP contribution in [0.4, 0.5) is 5.69 Å². The first-order chi connectivity index (χ1) is 11.3. The molecule has 2 N–H and O–H groups in total. The highest BCUT2D eigenvalue weighted by Gasteiger charge is 2.18. The van der Waals surface area contributed by atoms with E-state index >= 15 is 0 Å². The third-order valence-corrected chi connectivity index (χ3v) is 4.11. The summed E-state index contributed by atoms with van der Waals surface area (Å²) < 4.78 is 5.74. The number of benzene rings is 2. The lowest BCUT2D eigenvalue weighted by Crippen LogP contribution is -3.11. The molecule has 4 heteroatoms. The number of nitrogens with one attached hydrogen (secondary N) is 2. The fourth-order valence-electron chi connectivity index (χ4n) is 2.86. The van der Waals surface area contributed by atoms with Crippen LogP contribution in [0, 0.1) is 0 Å². The molecule has 1 fully saturated rings. The molecule has 0 aromatic heterocycles. The molecule has 0 unspecified atom stereocenters. The molecule has 23 heavy (non-hydrogen) atoms. The van der Waals surface area contributed by atoms with Crippen molar-refractivity contribution in [2.45, 2.75) is 19.4 Å². The number of carbonyl (C=O) groups excluding carboxylic acids is 1. The molecule has 120 valence electrons. The summed E-state index contributed by atoms with van der Waals surface area (Å²) >= 11 is 0. The third kappa shape index (κ3) is 4.83. The van der Waals surface area contributed by atoms with E-state index in [1.54, 1.807) is 0 Å². The van der Waals surface area contributed by atoms with Crippen LogP contribution in [0.2, 0.25) is 0 Å². The second-order valence-corrected chi connectivity index (χ2v) is 5.98. The Hall–Kier alpha value is -2.33. The molecule has 0 radical (unpaired) electrons. The van der Waals surface area contributed by atoms with Gasteiger partial charge in [-0.05, 0) is 29.8 Å².